The largest absolute Gasteiger partial charge is 0.347 e. The SMILES string of the molecule is NCc1cn(CC2CCCC2)c2cc(Br)c(F)cc12. The molecule has 0 spiro atoms. The fourth-order valence-corrected chi connectivity index (χ4v) is 3.47. The van der Waals surface area contributed by atoms with Crippen molar-refractivity contribution in [3.05, 3.63) is 34.2 Å². The topological polar surface area (TPSA) is 30.9 Å². The van der Waals surface area contributed by atoms with Gasteiger partial charge in [-0.1, -0.05) is 12.8 Å². The normalized spacial score (nSPS) is 16.6. The zero-order valence-electron chi connectivity index (χ0n) is 10.8. The Labute approximate surface area is 120 Å². The van der Waals surface area contributed by atoms with Crippen molar-refractivity contribution < 1.29 is 4.39 Å². The Balaban J connectivity index is 2.05. The Kier molecular flexibility index (Phi) is 3.63. The molecule has 0 saturated heterocycles. The van der Waals surface area contributed by atoms with Gasteiger partial charge in [-0.3, -0.25) is 0 Å². The molecule has 0 aliphatic heterocycles. The van der Waals surface area contributed by atoms with Crippen LogP contribution in [0.25, 0.3) is 10.9 Å². The van der Waals surface area contributed by atoms with E-state index in [1.165, 1.54) is 25.7 Å². The molecule has 2 N–H and O–H groups in total. The van der Waals surface area contributed by atoms with Crippen LogP contribution in [0.15, 0.2) is 22.8 Å². The summed E-state index contributed by atoms with van der Waals surface area (Å²) in [5, 5.41) is 0.946. The van der Waals surface area contributed by atoms with Gasteiger partial charge in [0, 0.05) is 30.2 Å². The Morgan fingerprint density at radius 1 is 1.32 bits per heavy atom. The lowest BCUT2D eigenvalue weighted by atomic mass is 10.1. The summed E-state index contributed by atoms with van der Waals surface area (Å²) < 4.78 is 16.5. The molecule has 0 amide bonds. The predicted octanol–water partition coefficient (Wildman–Crippen LogP) is 4.19. The van der Waals surface area contributed by atoms with E-state index in [2.05, 4.69) is 26.7 Å². The van der Waals surface area contributed by atoms with E-state index in [9.17, 15) is 4.39 Å². The van der Waals surface area contributed by atoms with Crippen LogP contribution in [0, 0.1) is 11.7 Å². The molecule has 1 fully saturated rings. The third kappa shape index (κ3) is 2.43. The second-order valence-corrected chi connectivity index (χ2v) is 6.30. The standard InChI is InChI=1S/C15H18BrFN2/c16-13-6-15-12(5-14(13)17)11(7-18)9-19(15)8-10-3-1-2-4-10/h5-6,9-10H,1-4,7-8,18H2. The summed E-state index contributed by atoms with van der Waals surface area (Å²) >= 11 is 3.27. The average molecular weight is 325 g/mol. The fourth-order valence-electron chi connectivity index (χ4n) is 3.14. The molecule has 4 heteroatoms. The van der Waals surface area contributed by atoms with Crippen LogP contribution >= 0.6 is 15.9 Å². The van der Waals surface area contributed by atoms with Gasteiger partial charge in [0.2, 0.25) is 0 Å². The van der Waals surface area contributed by atoms with Gasteiger partial charge in [-0.05, 0) is 52.4 Å². The first-order chi connectivity index (χ1) is 9.19. The van der Waals surface area contributed by atoms with Gasteiger partial charge in [-0.15, -0.1) is 0 Å². The third-order valence-electron chi connectivity index (χ3n) is 4.16. The van der Waals surface area contributed by atoms with Crippen LogP contribution < -0.4 is 5.73 Å². The summed E-state index contributed by atoms with van der Waals surface area (Å²) in [6.45, 7) is 1.48. The fraction of sp³-hybridized carbons (Fsp3) is 0.467. The van der Waals surface area contributed by atoms with Crippen LogP contribution in [0.2, 0.25) is 0 Å². The molecule has 0 bridgehead atoms. The number of rotatable bonds is 3. The van der Waals surface area contributed by atoms with E-state index >= 15 is 0 Å². The van der Waals surface area contributed by atoms with E-state index in [0.29, 0.717) is 11.0 Å². The quantitative estimate of drug-likeness (QED) is 0.901. The number of nitrogens with two attached hydrogens (primary N) is 1. The summed E-state index contributed by atoms with van der Waals surface area (Å²) in [6.07, 6.45) is 7.38. The maximum absolute atomic E-state index is 13.7. The highest BCUT2D eigenvalue weighted by atomic mass is 79.9. The second kappa shape index (κ2) is 5.25. The van der Waals surface area contributed by atoms with Crippen LogP contribution in [0.1, 0.15) is 31.2 Å². The monoisotopic (exact) mass is 324 g/mol. The van der Waals surface area contributed by atoms with Crippen molar-refractivity contribution in [3.8, 4) is 0 Å². The zero-order chi connectivity index (χ0) is 13.4. The van der Waals surface area contributed by atoms with Crippen LogP contribution in [-0.4, -0.2) is 4.57 Å². The van der Waals surface area contributed by atoms with E-state index in [0.717, 1.165) is 28.9 Å². The molecule has 1 aromatic heterocycles. The number of benzene rings is 1. The van der Waals surface area contributed by atoms with Crippen molar-refractivity contribution >= 4 is 26.8 Å². The lowest BCUT2D eigenvalue weighted by Gasteiger charge is -2.11. The number of nitrogens with zero attached hydrogens (tertiary/aromatic N) is 1. The Morgan fingerprint density at radius 3 is 2.74 bits per heavy atom. The van der Waals surface area contributed by atoms with Crippen molar-refractivity contribution in [1.29, 1.82) is 0 Å². The number of aromatic nitrogens is 1. The maximum Gasteiger partial charge on any atom is 0.138 e. The Morgan fingerprint density at radius 2 is 2.05 bits per heavy atom. The summed E-state index contributed by atoms with van der Waals surface area (Å²) in [7, 11) is 0. The molecule has 1 aliphatic rings. The summed E-state index contributed by atoms with van der Waals surface area (Å²) in [6, 6.07) is 3.46. The molecule has 2 nitrogen and oxygen atoms in total. The lowest BCUT2D eigenvalue weighted by molar-refractivity contribution is 0.465. The molecular weight excluding hydrogens is 307 g/mol. The van der Waals surface area contributed by atoms with E-state index < -0.39 is 0 Å². The first-order valence-electron chi connectivity index (χ1n) is 6.86. The van der Waals surface area contributed by atoms with Crippen LogP contribution in [0.3, 0.4) is 0 Å². The summed E-state index contributed by atoms with van der Waals surface area (Å²) in [4.78, 5) is 0. The highest BCUT2D eigenvalue weighted by molar-refractivity contribution is 9.10. The lowest BCUT2D eigenvalue weighted by Crippen LogP contribution is -2.06. The van der Waals surface area contributed by atoms with E-state index in [1.807, 2.05) is 6.07 Å². The first kappa shape index (κ1) is 13.1. The third-order valence-corrected chi connectivity index (χ3v) is 4.76. The van der Waals surface area contributed by atoms with Crippen molar-refractivity contribution in [3.63, 3.8) is 0 Å². The van der Waals surface area contributed by atoms with Gasteiger partial charge >= 0.3 is 0 Å². The highest BCUT2D eigenvalue weighted by Gasteiger charge is 2.18. The molecule has 0 unspecified atom stereocenters. The van der Waals surface area contributed by atoms with E-state index in [-0.39, 0.29) is 5.82 Å². The van der Waals surface area contributed by atoms with Gasteiger partial charge in [0.25, 0.3) is 0 Å². The minimum Gasteiger partial charge on any atom is -0.347 e. The van der Waals surface area contributed by atoms with Gasteiger partial charge in [-0.2, -0.15) is 0 Å². The Hall–Kier alpha value is -0.870. The minimum atomic E-state index is -0.221. The van der Waals surface area contributed by atoms with Gasteiger partial charge in [-0.25, -0.2) is 4.39 Å². The molecule has 0 radical (unpaired) electrons. The van der Waals surface area contributed by atoms with Gasteiger partial charge in [0.1, 0.15) is 5.82 Å². The second-order valence-electron chi connectivity index (χ2n) is 5.44. The zero-order valence-corrected chi connectivity index (χ0v) is 12.4. The average Bonchev–Trinajstić information content (AvgIpc) is 3.00. The first-order valence-corrected chi connectivity index (χ1v) is 7.65. The van der Waals surface area contributed by atoms with Crippen LogP contribution in [-0.2, 0) is 13.1 Å². The maximum atomic E-state index is 13.7. The number of halogens is 2. The highest BCUT2D eigenvalue weighted by Crippen LogP contribution is 2.31. The van der Waals surface area contributed by atoms with Crippen molar-refractivity contribution in [2.24, 2.45) is 11.7 Å². The van der Waals surface area contributed by atoms with Gasteiger partial charge in [0.15, 0.2) is 0 Å². The molecular formula is C15H18BrFN2. The summed E-state index contributed by atoms with van der Waals surface area (Å²) in [5.41, 5.74) is 7.89. The van der Waals surface area contributed by atoms with E-state index in [1.54, 1.807) is 6.07 Å². The number of hydrogen-bond acceptors (Lipinski definition) is 1. The molecule has 0 atom stereocenters. The molecule has 1 aliphatic carbocycles. The van der Waals surface area contributed by atoms with Crippen LogP contribution in [0.5, 0.6) is 0 Å². The molecule has 2 aromatic rings. The molecule has 1 heterocycles. The van der Waals surface area contributed by atoms with Gasteiger partial charge < -0.3 is 10.3 Å². The molecule has 3 rings (SSSR count). The van der Waals surface area contributed by atoms with Crippen molar-refractivity contribution in [2.75, 3.05) is 0 Å². The molecule has 1 aromatic carbocycles. The van der Waals surface area contributed by atoms with E-state index in [4.69, 9.17) is 5.73 Å². The van der Waals surface area contributed by atoms with Crippen LogP contribution in [0.4, 0.5) is 4.39 Å². The predicted molar refractivity (Wildman–Crippen MR) is 79.4 cm³/mol. The van der Waals surface area contributed by atoms with Crippen molar-refractivity contribution in [1.82, 2.24) is 4.57 Å². The molecule has 102 valence electrons. The Bertz CT molecular complexity index is 600. The van der Waals surface area contributed by atoms with Crippen molar-refractivity contribution in [2.45, 2.75) is 38.8 Å². The molecule has 1 saturated carbocycles. The number of fused-ring (bicyclic) bond motifs is 1. The minimum absolute atomic E-state index is 0.221. The smallest absolute Gasteiger partial charge is 0.138 e. The molecule has 19 heavy (non-hydrogen) atoms. The summed E-state index contributed by atoms with van der Waals surface area (Å²) in [5.74, 6) is 0.533. The number of hydrogen-bond donors (Lipinski definition) is 1. The van der Waals surface area contributed by atoms with Gasteiger partial charge in [0.05, 0.1) is 4.47 Å².